The molecule has 174 valence electrons. The summed E-state index contributed by atoms with van der Waals surface area (Å²) in [6, 6.07) is 13.6. The van der Waals surface area contributed by atoms with Crippen molar-refractivity contribution in [3.05, 3.63) is 48.5 Å². The summed E-state index contributed by atoms with van der Waals surface area (Å²) in [4.78, 5) is 12.7. The number of benzene rings is 2. The van der Waals surface area contributed by atoms with Gasteiger partial charge in [0.2, 0.25) is 21.1 Å². The van der Waals surface area contributed by atoms with Gasteiger partial charge in [0.1, 0.15) is 5.75 Å². The molecule has 1 aliphatic rings. The van der Waals surface area contributed by atoms with E-state index in [1.165, 1.54) is 26.8 Å². The first kappa shape index (κ1) is 23.2. The molecule has 0 radical (unpaired) electrons. The molecule has 2 heterocycles. The van der Waals surface area contributed by atoms with E-state index in [9.17, 15) is 13.2 Å². The number of amides is 1. The SMILES string of the molecule is COc1ccc(-n2nnnc2SCC(=O)Nc2cccc(S(=O)(=O)N3CCCCC3)c2)cc1. The average Bonchev–Trinajstić information content (AvgIpc) is 3.32. The Labute approximate surface area is 196 Å². The van der Waals surface area contributed by atoms with Crippen molar-refractivity contribution in [3.63, 3.8) is 0 Å². The van der Waals surface area contributed by atoms with Crippen LogP contribution in [-0.2, 0) is 14.8 Å². The molecule has 1 amide bonds. The van der Waals surface area contributed by atoms with Crippen molar-refractivity contribution in [3.8, 4) is 11.4 Å². The number of aromatic nitrogens is 4. The lowest BCUT2D eigenvalue weighted by Crippen LogP contribution is -2.35. The molecular formula is C21H24N6O4S2. The van der Waals surface area contributed by atoms with E-state index >= 15 is 0 Å². The van der Waals surface area contributed by atoms with E-state index in [0.717, 1.165) is 24.9 Å². The zero-order valence-corrected chi connectivity index (χ0v) is 19.7. The predicted octanol–water partition coefficient (Wildman–Crippen LogP) is 2.58. The van der Waals surface area contributed by atoms with Crippen molar-refractivity contribution in [2.45, 2.75) is 29.3 Å². The number of ether oxygens (including phenoxy) is 1. The Bertz CT molecular complexity index is 1210. The second-order valence-corrected chi connectivity index (χ2v) is 10.3. The van der Waals surface area contributed by atoms with Crippen LogP contribution in [0.2, 0.25) is 0 Å². The lowest BCUT2D eigenvalue weighted by atomic mass is 10.2. The summed E-state index contributed by atoms with van der Waals surface area (Å²) in [5.41, 5.74) is 1.16. The molecule has 12 heteroatoms. The van der Waals surface area contributed by atoms with Crippen LogP contribution in [0, 0.1) is 0 Å². The van der Waals surface area contributed by atoms with Gasteiger partial charge in [0.25, 0.3) is 0 Å². The van der Waals surface area contributed by atoms with Crippen LogP contribution in [-0.4, -0.2) is 64.8 Å². The second-order valence-electron chi connectivity index (χ2n) is 7.40. The topological polar surface area (TPSA) is 119 Å². The highest BCUT2D eigenvalue weighted by Gasteiger charge is 2.26. The third-order valence-corrected chi connectivity index (χ3v) is 7.97. The van der Waals surface area contributed by atoms with Gasteiger partial charge in [-0.05, 0) is 65.7 Å². The Morgan fingerprint density at radius 3 is 2.61 bits per heavy atom. The largest absolute Gasteiger partial charge is 0.497 e. The molecule has 33 heavy (non-hydrogen) atoms. The highest BCUT2D eigenvalue weighted by molar-refractivity contribution is 7.99. The average molecular weight is 489 g/mol. The Balaban J connectivity index is 1.39. The van der Waals surface area contributed by atoms with Crippen LogP contribution in [0.3, 0.4) is 0 Å². The van der Waals surface area contributed by atoms with Crippen molar-refractivity contribution in [2.75, 3.05) is 31.3 Å². The maximum absolute atomic E-state index is 12.9. The van der Waals surface area contributed by atoms with Crippen LogP contribution >= 0.6 is 11.8 Å². The van der Waals surface area contributed by atoms with Crippen LogP contribution in [0.5, 0.6) is 5.75 Å². The predicted molar refractivity (Wildman–Crippen MR) is 124 cm³/mol. The minimum absolute atomic E-state index is 0.0552. The number of tetrazole rings is 1. The molecule has 3 aromatic rings. The van der Waals surface area contributed by atoms with E-state index in [-0.39, 0.29) is 16.6 Å². The molecule has 0 aliphatic carbocycles. The van der Waals surface area contributed by atoms with Crippen LogP contribution in [0.4, 0.5) is 5.69 Å². The normalized spacial score (nSPS) is 14.7. The minimum atomic E-state index is -3.57. The molecule has 0 saturated carbocycles. The number of nitrogens with zero attached hydrogens (tertiary/aromatic N) is 5. The van der Waals surface area contributed by atoms with Crippen LogP contribution in [0.15, 0.2) is 58.6 Å². The maximum atomic E-state index is 12.9. The summed E-state index contributed by atoms with van der Waals surface area (Å²) < 4.78 is 34.0. The molecule has 0 spiro atoms. The van der Waals surface area contributed by atoms with Crippen molar-refractivity contribution in [1.82, 2.24) is 24.5 Å². The Morgan fingerprint density at radius 1 is 1.12 bits per heavy atom. The first-order chi connectivity index (χ1) is 16.0. The maximum Gasteiger partial charge on any atom is 0.243 e. The smallest absolute Gasteiger partial charge is 0.243 e. The first-order valence-corrected chi connectivity index (χ1v) is 12.9. The number of nitrogens with one attached hydrogen (secondary N) is 1. The molecule has 1 aliphatic heterocycles. The standard InChI is InChI=1S/C21H24N6O4S2/c1-31-18-10-8-17(9-11-18)27-21(23-24-25-27)32-15-20(28)22-16-6-5-7-19(14-16)33(29,30)26-12-3-2-4-13-26/h5-11,14H,2-4,12-13,15H2,1H3,(H,22,28). The molecular weight excluding hydrogens is 464 g/mol. The van der Waals surface area contributed by atoms with Crippen molar-refractivity contribution < 1.29 is 17.9 Å². The van der Waals surface area contributed by atoms with E-state index in [1.807, 2.05) is 12.1 Å². The molecule has 1 aromatic heterocycles. The van der Waals surface area contributed by atoms with Gasteiger partial charge in [0.15, 0.2) is 0 Å². The number of hydrogen-bond donors (Lipinski definition) is 1. The van der Waals surface area contributed by atoms with Gasteiger partial charge < -0.3 is 10.1 Å². The molecule has 10 nitrogen and oxygen atoms in total. The number of carbonyl (C=O) groups excluding carboxylic acids is 1. The minimum Gasteiger partial charge on any atom is -0.497 e. The lowest BCUT2D eigenvalue weighted by Gasteiger charge is -2.26. The number of methoxy groups -OCH3 is 1. The van der Waals surface area contributed by atoms with E-state index in [2.05, 4.69) is 20.8 Å². The number of rotatable bonds is 8. The van der Waals surface area contributed by atoms with Gasteiger partial charge in [-0.25, -0.2) is 8.42 Å². The second kappa shape index (κ2) is 10.3. The zero-order chi connectivity index (χ0) is 23.3. The molecule has 0 unspecified atom stereocenters. The summed E-state index contributed by atoms with van der Waals surface area (Å²) in [5.74, 6) is 0.473. The quantitative estimate of drug-likeness (QED) is 0.481. The van der Waals surface area contributed by atoms with Gasteiger partial charge in [0.05, 0.1) is 23.4 Å². The molecule has 2 aromatic carbocycles. The van der Waals surface area contributed by atoms with Gasteiger partial charge in [-0.3, -0.25) is 4.79 Å². The number of thioether (sulfide) groups is 1. The first-order valence-electron chi connectivity index (χ1n) is 10.4. The number of piperidine rings is 1. The fourth-order valence-corrected chi connectivity index (χ4v) is 5.72. The summed E-state index contributed by atoms with van der Waals surface area (Å²) >= 11 is 1.18. The van der Waals surface area contributed by atoms with Crippen LogP contribution < -0.4 is 10.1 Å². The van der Waals surface area contributed by atoms with Crippen molar-refractivity contribution in [1.29, 1.82) is 0 Å². The van der Waals surface area contributed by atoms with Gasteiger partial charge in [0, 0.05) is 18.8 Å². The highest BCUT2D eigenvalue weighted by atomic mass is 32.2. The summed E-state index contributed by atoms with van der Waals surface area (Å²) in [5, 5.41) is 14.9. The monoisotopic (exact) mass is 488 g/mol. The fourth-order valence-electron chi connectivity index (χ4n) is 3.47. The van der Waals surface area contributed by atoms with Gasteiger partial charge in [-0.1, -0.05) is 24.2 Å². The van der Waals surface area contributed by atoms with Crippen LogP contribution in [0.1, 0.15) is 19.3 Å². The lowest BCUT2D eigenvalue weighted by molar-refractivity contribution is -0.113. The van der Waals surface area contributed by atoms with Gasteiger partial charge >= 0.3 is 0 Å². The van der Waals surface area contributed by atoms with Crippen LogP contribution in [0.25, 0.3) is 5.69 Å². The van der Waals surface area contributed by atoms with E-state index in [4.69, 9.17) is 4.74 Å². The number of carbonyl (C=O) groups is 1. The molecule has 1 N–H and O–H groups in total. The Kier molecular flexibility index (Phi) is 7.26. The Hall–Kier alpha value is -2.96. The van der Waals surface area contributed by atoms with E-state index in [1.54, 1.807) is 37.4 Å². The van der Waals surface area contributed by atoms with Gasteiger partial charge in [-0.15, -0.1) is 5.10 Å². The van der Waals surface area contributed by atoms with Crippen molar-refractivity contribution >= 4 is 33.4 Å². The molecule has 0 atom stereocenters. The molecule has 4 rings (SSSR count). The third kappa shape index (κ3) is 5.52. The number of sulfonamides is 1. The van der Waals surface area contributed by atoms with E-state index in [0.29, 0.717) is 29.7 Å². The van der Waals surface area contributed by atoms with Gasteiger partial charge in [-0.2, -0.15) is 8.99 Å². The number of hydrogen-bond acceptors (Lipinski definition) is 8. The Morgan fingerprint density at radius 2 is 1.88 bits per heavy atom. The summed E-state index contributed by atoms with van der Waals surface area (Å²) in [7, 11) is -1.98. The zero-order valence-electron chi connectivity index (χ0n) is 18.0. The highest BCUT2D eigenvalue weighted by Crippen LogP contribution is 2.24. The third-order valence-electron chi connectivity index (χ3n) is 5.16. The summed E-state index contributed by atoms with van der Waals surface area (Å²) in [6.07, 6.45) is 2.77. The fraction of sp³-hybridized carbons (Fsp3) is 0.333. The molecule has 1 fully saturated rings. The van der Waals surface area contributed by atoms with E-state index < -0.39 is 10.0 Å². The summed E-state index contributed by atoms with van der Waals surface area (Å²) in [6.45, 7) is 1.05. The number of anilines is 1. The molecule has 1 saturated heterocycles. The van der Waals surface area contributed by atoms with Crippen molar-refractivity contribution in [2.24, 2.45) is 0 Å². The molecule has 0 bridgehead atoms.